The summed E-state index contributed by atoms with van der Waals surface area (Å²) in [5, 5.41) is 3.11. The predicted molar refractivity (Wildman–Crippen MR) is 99.8 cm³/mol. The first-order valence-corrected chi connectivity index (χ1v) is 8.25. The minimum absolute atomic E-state index is 0.0436. The standard InChI is InChI=1S/C19H17ClF2N2O3/c1-24(12-17(25)23-15-7-4-6-14(20)11-15)18(26)10-9-13-5-2-3-8-16(13)27-19(21)22/h2-11,19H,12H2,1H3,(H,23,25)/b10-9+. The molecule has 142 valence electrons. The molecule has 0 bridgehead atoms. The first-order chi connectivity index (χ1) is 12.8. The van der Waals surface area contributed by atoms with Gasteiger partial charge < -0.3 is 15.0 Å². The van der Waals surface area contributed by atoms with Crippen LogP contribution >= 0.6 is 11.6 Å². The van der Waals surface area contributed by atoms with Crippen molar-refractivity contribution in [3.8, 4) is 5.75 Å². The zero-order chi connectivity index (χ0) is 19.8. The van der Waals surface area contributed by atoms with Gasteiger partial charge >= 0.3 is 6.61 Å². The van der Waals surface area contributed by atoms with Gasteiger partial charge in [0.1, 0.15) is 5.75 Å². The molecule has 2 aromatic rings. The van der Waals surface area contributed by atoms with E-state index in [4.69, 9.17) is 11.6 Å². The Morgan fingerprint density at radius 2 is 1.96 bits per heavy atom. The number of para-hydroxylation sites is 1. The molecule has 0 aromatic heterocycles. The van der Waals surface area contributed by atoms with E-state index in [1.807, 2.05) is 0 Å². The number of anilines is 1. The monoisotopic (exact) mass is 394 g/mol. The number of carbonyl (C=O) groups is 2. The summed E-state index contributed by atoms with van der Waals surface area (Å²) in [5.41, 5.74) is 0.838. The third kappa shape index (κ3) is 6.71. The first kappa shape index (κ1) is 20.4. The van der Waals surface area contributed by atoms with E-state index in [9.17, 15) is 18.4 Å². The smallest absolute Gasteiger partial charge is 0.387 e. The molecule has 0 radical (unpaired) electrons. The molecule has 1 N–H and O–H groups in total. The van der Waals surface area contributed by atoms with Gasteiger partial charge in [0.25, 0.3) is 0 Å². The molecule has 0 saturated heterocycles. The molecule has 0 aliphatic rings. The number of alkyl halides is 2. The van der Waals surface area contributed by atoms with Gasteiger partial charge in [-0.1, -0.05) is 35.9 Å². The predicted octanol–water partition coefficient (Wildman–Crippen LogP) is 4.05. The number of amides is 2. The highest BCUT2D eigenvalue weighted by molar-refractivity contribution is 6.30. The molecule has 0 spiro atoms. The number of rotatable bonds is 7. The summed E-state index contributed by atoms with van der Waals surface area (Å²) in [6, 6.07) is 12.7. The van der Waals surface area contributed by atoms with Gasteiger partial charge in [-0.15, -0.1) is 0 Å². The fourth-order valence-corrected chi connectivity index (χ4v) is 2.36. The van der Waals surface area contributed by atoms with Gasteiger partial charge in [0.05, 0.1) is 6.54 Å². The third-order valence-corrected chi connectivity index (χ3v) is 3.64. The summed E-state index contributed by atoms with van der Waals surface area (Å²) < 4.78 is 29.2. The summed E-state index contributed by atoms with van der Waals surface area (Å²) in [6.45, 7) is -3.15. The van der Waals surface area contributed by atoms with Gasteiger partial charge in [0, 0.05) is 29.4 Å². The number of likely N-dealkylation sites (N-methyl/N-ethyl adjacent to an activating group) is 1. The molecule has 0 aliphatic carbocycles. The van der Waals surface area contributed by atoms with Crippen molar-refractivity contribution in [3.63, 3.8) is 0 Å². The minimum Gasteiger partial charge on any atom is -0.434 e. The zero-order valence-corrected chi connectivity index (χ0v) is 15.1. The second-order valence-electron chi connectivity index (χ2n) is 5.50. The quantitative estimate of drug-likeness (QED) is 0.721. The third-order valence-electron chi connectivity index (χ3n) is 3.41. The largest absolute Gasteiger partial charge is 0.434 e. The molecule has 8 heteroatoms. The van der Waals surface area contributed by atoms with Gasteiger partial charge in [0.15, 0.2) is 0 Å². The number of benzene rings is 2. The second kappa shape index (κ2) is 9.68. The molecule has 0 heterocycles. The summed E-state index contributed by atoms with van der Waals surface area (Å²) in [6.07, 6.45) is 2.53. The lowest BCUT2D eigenvalue weighted by atomic mass is 10.2. The second-order valence-corrected chi connectivity index (χ2v) is 5.94. The van der Waals surface area contributed by atoms with Crippen molar-refractivity contribution in [2.24, 2.45) is 0 Å². The van der Waals surface area contributed by atoms with Crippen LogP contribution in [0.2, 0.25) is 5.02 Å². The highest BCUT2D eigenvalue weighted by atomic mass is 35.5. The average molecular weight is 395 g/mol. The van der Waals surface area contributed by atoms with E-state index >= 15 is 0 Å². The number of nitrogens with one attached hydrogen (secondary N) is 1. The molecule has 27 heavy (non-hydrogen) atoms. The maximum Gasteiger partial charge on any atom is 0.387 e. The van der Waals surface area contributed by atoms with Crippen LogP contribution in [0.25, 0.3) is 6.08 Å². The van der Waals surface area contributed by atoms with Crippen LogP contribution in [-0.4, -0.2) is 36.9 Å². The number of ether oxygens (including phenoxy) is 1. The number of hydrogen-bond acceptors (Lipinski definition) is 3. The van der Waals surface area contributed by atoms with Crippen LogP contribution in [0.5, 0.6) is 5.75 Å². The number of hydrogen-bond donors (Lipinski definition) is 1. The van der Waals surface area contributed by atoms with E-state index in [-0.39, 0.29) is 12.3 Å². The Hall–Kier alpha value is -2.93. The van der Waals surface area contributed by atoms with Crippen LogP contribution in [0.3, 0.4) is 0 Å². The van der Waals surface area contributed by atoms with Crippen molar-refractivity contribution in [2.45, 2.75) is 6.61 Å². The van der Waals surface area contributed by atoms with Crippen molar-refractivity contribution in [1.82, 2.24) is 4.90 Å². The van der Waals surface area contributed by atoms with E-state index in [2.05, 4.69) is 10.1 Å². The van der Waals surface area contributed by atoms with Crippen molar-refractivity contribution in [2.75, 3.05) is 18.9 Å². The molecular formula is C19H17ClF2N2O3. The highest BCUT2D eigenvalue weighted by Gasteiger charge is 2.12. The summed E-state index contributed by atoms with van der Waals surface area (Å²) in [4.78, 5) is 25.3. The van der Waals surface area contributed by atoms with Gasteiger partial charge in [-0.2, -0.15) is 8.78 Å². The molecule has 0 aliphatic heterocycles. The molecule has 5 nitrogen and oxygen atoms in total. The molecule has 2 aromatic carbocycles. The van der Waals surface area contributed by atoms with E-state index < -0.39 is 18.4 Å². The number of nitrogens with zero attached hydrogens (tertiary/aromatic N) is 1. The Labute approximate surface area is 160 Å². The van der Waals surface area contributed by atoms with E-state index in [1.54, 1.807) is 36.4 Å². The van der Waals surface area contributed by atoms with Crippen molar-refractivity contribution >= 4 is 35.2 Å². The minimum atomic E-state index is -2.96. The normalized spacial score (nSPS) is 10.9. The lowest BCUT2D eigenvalue weighted by molar-refractivity contribution is -0.129. The van der Waals surface area contributed by atoms with Gasteiger partial charge in [-0.25, -0.2) is 0 Å². The summed E-state index contributed by atoms with van der Waals surface area (Å²) >= 11 is 5.85. The van der Waals surface area contributed by atoms with E-state index in [0.29, 0.717) is 16.3 Å². The van der Waals surface area contributed by atoms with Crippen LogP contribution in [-0.2, 0) is 9.59 Å². The Morgan fingerprint density at radius 3 is 2.67 bits per heavy atom. The maximum absolute atomic E-state index is 12.4. The molecule has 2 rings (SSSR count). The number of carbonyl (C=O) groups excluding carboxylic acids is 2. The lowest BCUT2D eigenvalue weighted by Crippen LogP contribution is -2.33. The summed E-state index contributed by atoms with van der Waals surface area (Å²) in [5.74, 6) is -0.913. The van der Waals surface area contributed by atoms with Crippen LogP contribution in [0, 0.1) is 0 Å². The van der Waals surface area contributed by atoms with Crippen molar-refractivity contribution < 1.29 is 23.1 Å². The average Bonchev–Trinajstić information content (AvgIpc) is 2.60. The first-order valence-electron chi connectivity index (χ1n) is 7.87. The number of halogens is 3. The lowest BCUT2D eigenvalue weighted by Gasteiger charge is -2.15. The Balaban J connectivity index is 1.95. The fraction of sp³-hybridized carbons (Fsp3) is 0.158. The molecule has 0 unspecified atom stereocenters. The topological polar surface area (TPSA) is 58.6 Å². The maximum atomic E-state index is 12.4. The van der Waals surface area contributed by atoms with Crippen molar-refractivity contribution in [1.29, 1.82) is 0 Å². The van der Waals surface area contributed by atoms with Gasteiger partial charge in [-0.3, -0.25) is 9.59 Å². The SMILES string of the molecule is CN(CC(=O)Nc1cccc(Cl)c1)C(=O)/C=C/c1ccccc1OC(F)F. The fourth-order valence-electron chi connectivity index (χ4n) is 2.17. The molecule has 0 saturated carbocycles. The molecular weight excluding hydrogens is 378 g/mol. The van der Waals surface area contributed by atoms with E-state index in [0.717, 1.165) is 0 Å². The van der Waals surface area contributed by atoms with Crippen LogP contribution in [0.4, 0.5) is 14.5 Å². The van der Waals surface area contributed by atoms with Crippen molar-refractivity contribution in [3.05, 3.63) is 65.2 Å². The zero-order valence-electron chi connectivity index (χ0n) is 14.4. The Morgan fingerprint density at radius 1 is 1.22 bits per heavy atom. The van der Waals surface area contributed by atoms with Crippen LogP contribution in [0.1, 0.15) is 5.56 Å². The van der Waals surface area contributed by atoms with Crippen LogP contribution in [0.15, 0.2) is 54.6 Å². The highest BCUT2D eigenvalue weighted by Crippen LogP contribution is 2.21. The van der Waals surface area contributed by atoms with Gasteiger partial charge in [-0.05, 0) is 30.3 Å². The summed E-state index contributed by atoms with van der Waals surface area (Å²) in [7, 11) is 1.45. The molecule has 2 amide bonds. The molecule has 0 atom stereocenters. The van der Waals surface area contributed by atoms with Gasteiger partial charge in [0.2, 0.25) is 11.8 Å². The van der Waals surface area contributed by atoms with E-state index in [1.165, 1.54) is 36.2 Å². The van der Waals surface area contributed by atoms with Crippen LogP contribution < -0.4 is 10.1 Å². The Kier molecular flexibility index (Phi) is 7.31. The molecule has 0 fully saturated rings. The Bertz CT molecular complexity index is 843.